The fourth-order valence-corrected chi connectivity index (χ4v) is 5.47. The standard InChI is InChI=1S/C20H22N2O4S/c1-15-13-17-14-16(20(23)21-9-11-26-12-10-21)7-8-19(17)22(15)27(24,25)18-5-3-2-4-6-18/h2-8,14-15H,9-13H2,1H3/t15-/m0/s1. The van der Waals surface area contributed by atoms with E-state index in [0.29, 0.717) is 44.0 Å². The van der Waals surface area contributed by atoms with Crippen LogP contribution in [0.2, 0.25) is 0 Å². The van der Waals surface area contributed by atoms with Crippen molar-refractivity contribution in [3.63, 3.8) is 0 Å². The molecule has 1 saturated heterocycles. The first-order chi connectivity index (χ1) is 13.0. The van der Waals surface area contributed by atoms with Crippen LogP contribution in [-0.2, 0) is 21.2 Å². The minimum atomic E-state index is -3.63. The third-order valence-corrected chi connectivity index (χ3v) is 7.02. The van der Waals surface area contributed by atoms with E-state index >= 15 is 0 Å². The molecule has 7 heteroatoms. The zero-order valence-corrected chi connectivity index (χ0v) is 16.0. The smallest absolute Gasteiger partial charge is 0.264 e. The van der Waals surface area contributed by atoms with Gasteiger partial charge in [-0.05, 0) is 49.2 Å². The Morgan fingerprint density at radius 1 is 1.07 bits per heavy atom. The van der Waals surface area contributed by atoms with Crippen molar-refractivity contribution >= 4 is 21.6 Å². The highest BCUT2D eigenvalue weighted by molar-refractivity contribution is 7.92. The summed E-state index contributed by atoms with van der Waals surface area (Å²) in [6.07, 6.45) is 0.589. The molecule has 1 atom stereocenters. The summed E-state index contributed by atoms with van der Waals surface area (Å²) in [5, 5.41) is 0. The molecule has 0 saturated carbocycles. The van der Waals surface area contributed by atoms with Crippen molar-refractivity contribution in [2.24, 2.45) is 0 Å². The number of rotatable bonds is 3. The zero-order chi connectivity index (χ0) is 19.0. The second-order valence-corrected chi connectivity index (χ2v) is 8.73. The maximum Gasteiger partial charge on any atom is 0.264 e. The molecule has 0 unspecified atom stereocenters. The topological polar surface area (TPSA) is 66.9 Å². The number of carbonyl (C=O) groups excluding carboxylic acids is 1. The SMILES string of the molecule is C[C@H]1Cc2cc(C(=O)N3CCOCC3)ccc2N1S(=O)(=O)c1ccccc1. The Bertz CT molecular complexity index is 953. The third kappa shape index (κ3) is 3.21. The van der Waals surface area contributed by atoms with E-state index in [-0.39, 0.29) is 16.8 Å². The molecular formula is C20H22N2O4S. The first-order valence-electron chi connectivity index (χ1n) is 9.08. The van der Waals surface area contributed by atoms with Gasteiger partial charge >= 0.3 is 0 Å². The fraction of sp³-hybridized carbons (Fsp3) is 0.350. The summed E-state index contributed by atoms with van der Waals surface area (Å²) in [5.74, 6) is -0.0295. The van der Waals surface area contributed by atoms with Gasteiger partial charge in [-0.2, -0.15) is 0 Å². The monoisotopic (exact) mass is 386 g/mol. The van der Waals surface area contributed by atoms with Gasteiger partial charge in [-0.25, -0.2) is 8.42 Å². The van der Waals surface area contributed by atoms with Gasteiger partial charge in [-0.1, -0.05) is 18.2 Å². The number of nitrogens with zero attached hydrogens (tertiary/aromatic N) is 2. The van der Waals surface area contributed by atoms with Crippen LogP contribution in [-0.4, -0.2) is 51.6 Å². The predicted molar refractivity (Wildman–Crippen MR) is 102 cm³/mol. The minimum absolute atomic E-state index is 0.0295. The number of hydrogen-bond donors (Lipinski definition) is 0. The molecule has 0 bridgehead atoms. The molecule has 2 heterocycles. The molecule has 27 heavy (non-hydrogen) atoms. The summed E-state index contributed by atoms with van der Waals surface area (Å²) < 4.78 is 33.0. The lowest BCUT2D eigenvalue weighted by atomic mass is 10.1. The largest absolute Gasteiger partial charge is 0.378 e. The van der Waals surface area contributed by atoms with E-state index in [4.69, 9.17) is 4.74 Å². The van der Waals surface area contributed by atoms with Crippen molar-refractivity contribution in [2.75, 3.05) is 30.6 Å². The summed E-state index contributed by atoms with van der Waals surface area (Å²) in [4.78, 5) is 14.8. The molecule has 0 spiro atoms. The van der Waals surface area contributed by atoms with Crippen LogP contribution in [0.3, 0.4) is 0 Å². The summed E-state index contributed by atoms with van der Waals surface area (Å²) in [6, 6.07) is 13.6. The molecule has 0 aromatic heterocycles. The second-order valence-electron chi connectivity index (χ2n) is 6.92. The number of sulfonamides is 1. The van der Waals surface area contributed by atoms with Crippen LogP contribution in [0.25, 0.3) is 0 Å². The molecule has 2 aromatic rings. The lowest BCUT2D eigenvalue weighted by Crippen LogP contribution is -2.40. The summed E-state index contributed by atoms with van der Waals surface area (Å²) in [6.45, 7) is 4.17. The van der Waals surface area contributed by atoms with E-state index < -0.39 is 10.0 Å². The van der Waals surface area contributed by atoms with Gasteiger partial charge in [0.15, 0.2) is 0 Å². The highest BCUT2D eigenvalue weighted by Crippen LogP contribution is 2.37. The fourth-order valence-electron chi connectivity index (χ4n) is 3.76. The number of amides is 1. The van der Waals surface area contributed by atoms with Gasteiger partial charge in [0.25, 0.3) is 15.9 Å². The maximum atomic E-state index is 13.1. The molecule has 2 aromatic carbocycles. The van der Waals surface area contributed by atoms with Crippen molar-refractivity contribution in [1.29, 1.82) is 0 Å². The molecule has 0 radical (unpaired) electrons. The highest BCUT2D eigenvalue weighted by atomic mass is 32.2. The lowest BCUT2D eigenvalue weighted by molar-refractivity contribution is 0.0303. The minimum Gasteiger partial charge on any atom is -0.378 e. The summed E-state index contributed by atoms with van der Waals surface area (Å²) >= 11 is 0. The molecular weight excluding hydrogens is 364 g/mol. The second kappa shape index (κ2) is 6.98. The Balaban J connectivity index is 1.66. The molecule has 1 fully saturated rings. The Kier molecular flexibility index (Phi) is 4.65. The molecule has 4 rings (SSSR count). The Morgan fingerprint density at radius 3 is 2.48 bits per heavy atom. The van der Waals surface area contributed by atoms with Gasteiger partial charge in [0, 0.05) is 24.7 Å². The van der Waals surface area contributed by atoms with Gasteiger partial charge in [0.1, 0.15) is 0 Å². The van der Waals surface area contributed by atoms with Crippen LogP contribution < -0.4 is 4.31 Å². The number of anilines is 1. The van der Waals surface area contributed by atoms with Crippen LogP contribution in [0.1, 0.15) is 22.8 Å². The van der Waals surface area contributed by atoms with Gasteiger partial charge < -0.3 is 9.64 Å². The summed E-state index contributed by atoms with van der Waals surface area (Å²) in [7, 11) is -3.63. The Labute approximate surface area is 159 Å². The van der Waals surface area contributed by atoms with Crippen LogP contribution in [0, 0.1) is 0 Å². The third-order valence-electron chi connectivity index (χ3n) is 5.08. The normalized spacial score (nSPS) is 19.8. The van der Waals surface area contributed by atoms with Crippen molar-refractivity contribution in [3.05, 3.63) is 59.7 Å². The van der Waals surface area contributed by atoms with Gasteiger partial charge in [0.05, 0.1) is 23.8 Å². The quantitative estimate of drug-likeness (QED) is 0.812. The maximum absolute atomic E-state index is 13.1. The van der Waals surface area contributed by atoms with Gasteiger partial charge in [0.2, 0.25) is 0 Å². The Hall–Kier alpha value is -2.38. The molecule has 6 nitrogen and oxygen atoms in total. The number of benzene rings is 2. The first-order valence-corrected chi connectivity index (χ1v) is 10.5. The van der Waals surface area contributed by atoms with Crippen molar-refractivity contribution < 1.29 is 17.9 Å². The average molecular weight is 386 g/mol. The van der Waals surface area contributed by atoms with E-state index in [1.165, 1.54) is 4.31 Å². The van der Waals surface area contributed by atoms with E-state index in [0.717, 1.165) is 5.56 Å². The molecule has 2 aliphatic heterocycles. The molecule has 142 valence electrons. The van der Waals surface area contributed by atoms with Crippen molar-refractivity contribution in [1.82, 2.24) is 4.90 Å². The summed E-state index contributed by atoms with van der Waals surface area (Å²) in [5.41, 5.74) is 2.15. The highest BCUT2D eigenvalue weighted by Gasteiger charge is 2.36. The number of ether oxygens (including phenoxy) is 1. The molecule has 2 aliphatic rings. The van der Waals surface area contributed by atoms with Gasteiger partial charge in [-0.3, -0.25) is 9.10 Å². The number of morpholine rings is 1. The molecule has 0 N–H and O–H groups in total. The zero-order valence-electron chi connectivity index (χ0n) is 15.2. The van der Waals surface area contributed by atoms with Crippen molar-refractivity contribution in [2.45, 2.75) is 24.3 Å². The van der Waals surface area contributed by atoms with E-state index in [1.54, 1.807) is 47.4 Å². The van der Waals surface area contributed by atoms with Crippen LogP contribution in [0.4, 0.5) is 5.69 Å². The van der Waals surface area contributed by atoms with Crippen LogP contribution in [0.5, 0.6) is 0 Å². The first kappa shape index (κ1) is 18.0. The Morgan fingerprint density at radius 2 is 1.78 bits per heavy atom. The molecule has 1 amide bonds. The molecule has 0 aliphatic carbocycles. The van der Waals surface area contributed by atoms with Crippen LogP contribution in [0.15, 0.2) is 53.4 Å². The van der Waals surface area contributed by atoms with E-state index in [2.05, 4.69) is 0 Å². The number of fused-ring (bicyclic) bond motifs is 1. The lowest BCUT2D eigenvalue weighted by Gasteiger charge is -2.27. The van der Waals surface area contributed by atoms with Crippen LogP contribution >= 0.6 is 0 Å². The van der Waals surface area contributed by atoms with Crippen molar-refractivity contribution in [3.8, 4) is 0 Å². The van der Waals surface area contributed by atoms with Gasteiger partial charge in [-0.15, -0.1) is 0 Å². The average Bonchev–Trinajstić information content (AvgIpc) is 3.04. The van der Waals surface area contributed by atoms with E-state index in [9.17, 15) is 13.2 Å². The van der Waals surface area contributed by atoms with E-state index in [1.807, 2.05) is 13.0 Å². The number of hydrogen-bond acceptors (Lipinski definition) is 4. The number of carbonyl (C=O) groups is 1. The predicted octanol–water partition coefficient (Wildman–Crippen LogP) is 2.30.